The molecule has 0 radical (unpaired) electrons. The van der Waals surface area contributed by atoms with E-state index in [4.69, 9.17) is 0 Å². The summed E-state index contributed by atoms with van der Waals surface area (Å²) in [4.78, 5) is 12.6. The van der Waals surface area contributed by atoms with Crippen LogP contribution in [0.4, 0.5) is 10.2 Å². The third-order valence-corrected chi connectivity index (χ3v) is 5.40. The summed E-state index contributed by atoms with van der Waals surface area (Å²) in [6, 6.07) is 16.7. The van der Waals surface area contributed by atoms with Gasteiger partial charge in [0.1, 0.15) is 17.3 Å². The summed E-state index contributed by atoms with van der Waals surface area (Å²) in [7, 11) is 0. The summed E-state index contributed by atoms with van der Waals surface area (Å²) in [5.74, 6) is 0.331. The van der Waals surface area contributed by atoms with Gasteiger partial charge in [-0.3, -0.25) is 4.79 Å². The van der Waals surface area contributed by atoms with E-state index in [0.717, 1.165) is 5.56 Å². The molecule has 0 bridgehead atoms. The van der Waals surface area contributed by atoms with E-state index >= 15 is 0 Å². The molecule has 0 amide bonds. The van der Waals surface area contributed by atoms with Crippen molar-refractivity contribution in [1.82, 2.24) is 19.6 Å². The number of anilines is 1. The molecule has 0 saturated carbocycles. The van der Waals surface area contributed by atoms with Crippen LogP contribution in [-0.2, 0) is 6.54 Å². The minimum absolute atomic E-state index is 0.255. The van der Waals surface area contributed by atoms with Crippen molar-refractivity contribution in [2.24, 2.45) is 5.16 Å². The predicted molar refractivity (Wildman–Crippen MR) is 119 cm³/mol. The van der Waals surface area contributed by atoms with Crippen LogP contribution in [0.1, 0.15) is 5.56 Å². The zero-order valence-corrected chi connectivity index (χ0v) is 17.2. The Morgan fingerprint density at radius 1 is 1.06 bits per heavy atom. The first-order valence-corrected chi connectivity index (χ1v) is 10.0. The molecule has 1 aliphatic heterocycles. The second-order valence-corrected chi connectivity index (χ2v) is 7.51. The van der Waals surface area contributed by atoms with Crippen LogP contribution in [0, 0.1) is 12.7 Å². The molecule has 1 aliphatic rings. The predicted octanol–water partition coefficient (Wildman–Crippen LogP) is 3.47. The number of halogens is 1. The molecule has 0 spiro atoms. The lowest BCUT2D eigenvalue weighted by molar-refractivity contribution is 0.315. The number of aromatic nitrogens is 4. The lowest BCUT2D eigenvalue weighted by atomic mass is 10.0. The maximum absolute atomic E-state index is 13.5. The number of nitrogens with zero attached hydrogens (tertiary/aromatic N) is 5. The normalized spacial score (nSPS) is 14.2. The van der Waals surface area contributed by atoms with Crippen molar-refractivity contribution in [2.45, 2.75) is 13.5 Å². The highest BCUT2D eigenvalue weighted by molar-refractivity contribution is 5.94. The average Bonchev–Trinajstić information content (AvgIpc) is 3.19. The van der Waals surface area contributed by atoms with Crippen LogP contribution in [0.5, 0.6) is 0 Å². The summed E-state index contributed by atoms with van der Waals surface area (Å²) >= 11 is 0. The summed E-state index contributed by atoms with van der Waals surface area (Å²) in [5.41, 5.74) is 4.35. The van der Waals surface area contributed by atoms with E-state index in [2.05, 4.69) is 20.7 Å². The van der Waals surface area contributed by atoms with Crippen molar-refractivity contribution in [1.29, 1.82) is 0 Å². The largest absolute Gasteiger partial charge is 0.411 e. The van der Waals surface area contributed by atoms with Gasteiger partial charge in [-0.25, -0.2) is 9.07 Å². The van der Waals surface area contributed by atoms with Gasteiger partial charge in [0.05, 0.1) is 35.7 Å². The van der Waals surface area contributed by atoms with Crippen molar-refractivity contribution in [2.75, 3.05) is 11.9 Å². The monoisotopic (exact) mass is 430 g/mol. The Kier molecular flexibility index (Phi) is 4.78. The average molecular weight is 430 g/mol. The fourth-order valence-corrected chi connectivity index (χ4v) is 3.81. The van der Waals surface area contributed by atoms with Crippen molar-refractivity contribution in [3.63, 3.8) is 0 Å². The van der Waals surface area contributed by atoms with Gasteiger partial charge in [0.25, 0.3) is 5.56 Å². The van der Waals surface area contributed by atoms with E-state index in [1.165, 1.54) is 22.9 Å². The number of fused-ring (bicyclic) bond motifs is 1. The fraction of sp³-hybridized carbons (Fsp3) is 0.130. The molecule has 0 atom stereocenters. The Morgan fingerprint density at radius 2 is 1.84 bits per heavy atom. The number of aryl methyl sites for hydroxylation is 1. The van der Waals surface area contributed by atoms with Gasteiger partial charge in [-0.2, -0.15) is 14.9 Å². The van der Waals surface area contributed by atoms with Crippen molar-refractivity contribution in [3.8, 4) is 28.2 Å². The van der Waals surface area contributed by atoms with E-state index in [0.29, 0.717) is 52.8 Å². The van der Waals surface area contributed by atoms with Crippen LogP contribution in [0.15, 0.2) is 70.6 Å². The van der Waals surface area contributed by atoms with E-state index in [1.807, 2.05) is 31.2 Å². The molecule has 8 nitrogen and oxygen atoms in total. The molecule has 2 N–H and O–H groups in total. The first kappa shape index (κ1) is 19.7. The summed E-state index contributed by atoms with van der Waals surface area (Å²) in [6.07, 6.45) is 0. The molecule has 5 rings (SSSR count). The van der Waals surface area contributed by atoms with E-state index < -0.39 is 0 Å². The summed E-state index contributed by atoms with van der Waals surface area (Å²) < 4.78 is 16.6. The van der Waals surface area contributed by atoms with Gasteiger partial charge in [-0.1, -0.05) is 23.4 Å². The highest BCUT2D eigenvalue weighted by Crippen LogP contribution is 2.37. The Labute approximate surface area is 182 Å². The number of rotatable bonds is 3. The van der Waals surface area contributed by atoms with Crippen molar-refractivity contribution >= 4 is 11.5 Å². The fourth-order valence-electron chi connectivity index (χ4n) is 3.81. The number of benzene rings is 2. The summed E-state index contributed by atoms with van der Waals surface area (Å²) in [5, 5.41) is 25.1. The molecular formula is C23H19FN6O2. The first-order valence-electron chi connectivity index (χ1n) is 10.0. The van der Waals surface area contributed by atoms with Gasteiger partial charge in [-0.05, 0) is 48.9 Å². The van der Waals surface area contributed by atoms with E-state index in [1.54, 1.807) is 22.9 Å². The molecule has 160 valence electrons. The first-order chi connectivity index (χ1) is 15.5. The Bertz CT molecular complexity index is 1410. The number of hydrogen-bond donors (Lipinski definition) is 2. The number of nitrogens with one attached hydrogen (secondary N) is 1. The second kappa shape index (κ2) is 7.77. The zero-order valence-electron chi connectivity index (χ0n) is 17.2. The number of hydrogen-bond acceptors (Lipinski definition) is 6. The Morgan fingerprint density at radius 3 is 2.59 bits per heavy atom. The van der Waals surface area contributed by atoms with Crippen molar-refractivity contribution in [3.05, 3.63) is 82.4 Å². The molecule has 32 heavy (non-hydrogen) atoms. The third-order valence-electron chi connectivity index (χ3n) is 5.40. The standard InChI is InChI=1S/C23H19FN6O2/c1-14-4-2-3-5-19(14)30-20(31)11-10-18(26-30)21-22(15-6-8-16(24)9-7-15)27-29-13-17(28-32)12-25-23(21)29/h2-11,25,32H,12-13H2,1H3. The Balaban J connectivity index is 1.74. The van der Waals surface area contributed by atoms with Crippen LogP contribution in [0.2, 0.25) is 0 Å². The van der Waals surface area contributed by atoms with Gasteiger partial charge >= 0.3 is 0 Å². The smallest absolute Gasteiger partial charge is 0.271 e. The minimum Gasteiger partial charge on any atom is -0.411 e. The SMILES string of the molecule is Cc1ccccc1-n1nc(-c2c(-c3ccc(F)cc3)nn3c2NCC(=NO)C3)ccc1=O. The van der Waals surface area contributed by atoms with Gasteiger partial charge in [0.2, 0.25) is 0 Å². The number of oxime groups is 1. The highest BCUT2D eigenvalue weighted by atomic mass is 19.1. The second-order valence-electron chi connectivity index (χ2n) is 7.51. The van der Waals surface area contributed by atoms with Crippen molar-refractivity contribution < 1.29 is 9.60 Å². The van der Waals surface area contributed by atoms with Gasteiger partial charge in [0.15, 0.2) is 0 Å². The summed E-state index contributed by atoms with van der Waals surface area (Å²) in [6.45, 7) is 2.55. The maximum atomic E-state index is 13.5. The number of para-hydroxylation sites is 1. The van der Waals surface area contributed by atoms with Crippen LogP contribution in [-0.4, -0.2) is 37.0 Å². The molecule has 2 aromatic heterocycles. The molecular weight excluding hydrogens is 411 g/mol. The molecule has 4 aromatic rings. The van der Waals surface area contributed by atoms with Gasteiger partial charge < -0.3 is 10.5 Å². The third kappa shape index (κ3) is 3.33. The highest BCUT2D eigenvalue weighted by Gasteiger charge is 2.26. The van der Waals surface area contributed by atoms with E-state index in [9.17, 15) is 14.4 Å². The zero-order chi connectivity index (χ0) is 22.2. The molecule has 0 fully saturated rings. The minimum atomic E-state index is -0.349. The molecule has 0 unspecified atom stereocenters. The Hall–Kier alpha value is -4.27. The van der Waals surface area contributed by atoms with Gasteiger partial charge in [-0.15, -0.1) is 0 Å². The van der Waals surface area contributed by atoms with Crippen LogP contribution < -0.4 is 10.9 Å². The molecule has 3 heterocycles. The maximum Gasteiger partial charge on any atom is 0.271 e. The molecule has 0 aliphatic carbocycles. The van der Waals surface area contributed by atoms with Gasteiger partial charge in [0, 0.05) is 11.6 Å². The lowest BCUT2D eigenvalue weighted by Gasteiger charge is -2.18. The quantitative estimate of drug-likeness (QED) is 0.383. The molecule has 9 heteroatoms. The van der Waals surface area contributed by atoms with E-state index in [-0.39, 0.29) is 11.4 Å². The topological polar surface area (TPSA) is 97.3 Å². The molecule has 2 aromatic carbocycles. The lowest BCUT2D eigenvalue weighted by Crippen LogP contribution is -2.28. The van der Waals surface area contributed by atoms with Crippen LogP contribution >= 0.6 is 0 Å². The van der Waals surface area contributed by atoms with Crippen LogP contribution in [0.25, 0.3) is 28.2 Å². The molecule has 0 saturated heterocycles. The van der Waals surface area contributed by atoms with Crippen LogP contribution in [0.3, 0.4) is 0 Å².